The minimum atomic E-state index is 0.532. The van der Waals surface area contributed by atoms with E-state index >= 15 is 0 Å². The van der Waals surface area contributed by atoms with Crippen LogP contribution in [0.3, 0.4) is 0 Å². The molecular formula is C15H24BrNS. The van der Waals surface area contributed by atoms with E-state index in [1.807, 2.05) is 17.4 Å². The Bertz CT molecular complexity index is 335. The first-order chi connectivity index (χ1) is 8.77. The van der Waals surface area contributed by atoms with E-state index in [1.54, 1.807) is 0 Å². The van der Waals surface area contributed by atoms with Crippen LogP contribution in [-0.4, -0.2) is 6.54 Å². The lowest BCUT2D eigenvalue weighted by atomic mass is 10.1. The van der Waals surface area contributed by atoms with Gasteiger partial charge in [0.2, 0.25) is 0 Å². The van der Waals surface area contributed by atoms with Gasteiger partial charge in [-0.15, -0.1) is 17.9 Å². The Balaban J connectivity index is 2.38. The van der Waals surface area contributed by atoms with E-state index in [1.165, 1.54) is 41.5 Å². The Hall–Kier alpha value is -0.120. The van der Waals surface area contributed by atoms with E-state index in [2.05, 4.69) is 46.2 Å². The molecule has 0 saturated carbocycles. The lowest BCUT2D eigenvalue weighted by molar-refractivity contribution is 0.478. The topological polar surface area (TPSA) is 12.0 Å². The Morgan fingerprint density at radius 1 is 1.44 bits per heavy atom. The van der Waals surface area contributed by atoms with Crippen LogP contribution in [0.2, 0.25) is 0 Å². The van der Waals surface area contributed by atoms with E-state index in [0.717, 1.165) is 13.0 Å². The van der Waals surface area contributed by atoms with Crippen molar-refractivity contribution >= 4 is 27.3 Å². The number of unbranched alkanes of at least 4 members (excludes halogenated alkanes) is 3. The fourth-order valence-electron chi connectivity index (χ4n) is 1.99. The summed E-state index contributed by atoms with van der Waals surface area (Å²) in [6, 6.07) is 2.78. The van der Waals surface area contributed by atoms with E-state index in [0.29, 0.717) is 6.04 Å². The molecule has 3 heteroatoms. The predicted octanol–water partition coefficient (Wildman–Crippen LogP) is 5.69. The number of nitrogens with one attached hydrogen (secondary N) is 1. The van der Waals surface area contributed by atoms with Crippen molar-refractivity contribution in [3.63, 3.8) is 0 Å². The van der Waals surface area contributed by atoms with Crippen molar-refractivity contribution in [2.24, 2.45) is 0 Å². The monoisotopic (exact) mass is 329 g/mol. The Kier molecular flexibility index (Phi) is 8.64. The van der Waals surface area contributed by atoms with Crippen molar-refractivity contribution in [3.05, 3.63) is 33.5 Å². The standard InChI is InChI=1S/C15H24BrNS/c1-3-5-6-7-8-9-14(17-10-4-2)15-11-13(16)12-18-15/h3,11-12,14,17H,1,4-10H2,2H3. The molecule has 1 nitrogen and oxygen atoms in total. The Morgan fingerprint density at radius 3 is 2.89 bits per heavy atom. The second-order valence-electron chi connectivity index (χ2n) is 4.60. The molecule has 1 atom stereocenters. The Labute approximate surface area is 124 Å². The molecule has 1 N–H and O–H groups in total. The number of allylic oxidation sites excluding steroid dienone is 1. The molecular weight excluding hydrogens is 306 g/mol. The summed E-state index contributed by atoms with van der Waals surface area (Å²) in [6.45, 7) is 7.09. The molecule has 0 aliphatic rings. The highest BCUT2D eigenvalue weighted by Crippen LogP contribution is 2.29. The summed E-state index contributed by atoms with van der Waals surface area (Å²) in [5, 5.41) is 5.83. The fraction of sp³-hybridized carbons (Fsp3) is 0.600. The normalized spacial score (nSPS) is 12.6. The van der Waals surface area contributed by atoms with Gasteiger partial charge < -0.3 is 5.32 Å². The Morgan fingerprint density at radius 2 is 2.28 bits per heavy atom. The molecule has 0 aromatic carbocycles. The van der Waals surface area contributed by atoms with Crippen molar-refractivity contribution in [1.82, 2.24) is 5.32 Å². The molecule has 1 unspecified atom stereocenters. The van der Waals surface area contributed by atoms with Crippen LogP contribution in [0.1, 0.15) is 56.4 Å². The molecule has 1 rings (SSSR count). The van der Waals surface area contributed by atoms with Gasteiger partial charge in [0.25, 0.3) is 0 Å². The first-order valence-corrected chi connectivity index (χ1v) is 8.53. The molecule has 0 saturated heterocycles. The van der Waals surface area contributed by atoms with Crippen LogP contribution < -0.4 is 5.32 Å². The van der Waals surface area contributed by atoms with Gasteiger partial charge in [-0.1, -0.05) is 25.8 Å². The van der Waals surface area contributed by atoms with Gasteiger partial charge in [0.15, 0.2) is 0 Å². The average molecular weight is 330 g/mol. The molecule has 1 heterocycles. The summed E-state index contributed by atoms with van der Waals surface area (Å²) in [7, 11) is 0. The van der Waals surface area contributed by atoms with E-state index < -0.39 is 0 Å². The molecule has 0 aliphatic carbocycles. The molecule has 1 aromatic rings. The molecule has 1 aromatic heterocycles. The highest BCUT2D eigenvalue weighted by atomic mass is 79.9. The maximum atomic E-state index is 3.77. The molecule has 0 bridgehead atoms. The van der Waals surface area contributed by atoms with Crippen LogP contribution in [-0.2, 0) is 0 Å². The van der Waals surface area contributed by atoms with Crippen molar-refractivity contribution in [2.75, 3.05) is 6.54 Å². The molecule has 0 spiro atoms. The van der Waals surface area contributed by atoms with Crippen LogP contribution in [0.4, 0.5) is 0 Å². The predicted molar refractivity (Wildman–Crippen MR) is 86.3 cm³/mol. The third-order valence-electron chi connectivity index (χ3n) is 2.97. The number of hydrogen-bond donors (Lipinski definition) is 1. The average Bonchev–Trinajstić information content (AvgIpc) is 2.79. The highest BCUT2D eigenvalue weighted by Gasteiger charge is 2.12. The summed E-state index contributed by atoms with van der Waals surface area (Å²) in [5.41, 5.74) is 0. The summed E-state index contributed by atoms with van der Waals surface area (Å²) in [5.74, 6) is 0. The van der Waals surface area contributed by atoms with Gasteiger partial charge in [0.1, 0.15) is 0 Å². The van der Waals surface area contributed by atoms with E-state index in [-0.39, 0.29) is 0 Å². The fourth-order valence-corrected chi connectivity index (χ4v) is 3.54. The third kappa shape index (κ3) is 6.17. The van der Waals surface area contributed by atoms with Crippen LogP contribution in [0, 0.1) is 0 Å². The van der Waals surface area contributed by atoms with Gasteiger partial charge in [0, 0.05) is 20.8 Å². The van der Waals surface area contributed by atoms with Gasteiger partial charge in [0.05, 0.1) is 0 Å². The van der Waals surface area contributed by atoms with Crippen LogP contribution in [0.25, 0.3) is 0 Å². The van der Waals surface area contributed by atoms with Crippen molar-refractivity contribution < 1.29 is 0 Å². The SMILES string of the molecule is C=CCCCCCC(NCCC)c1cc(Br)cs1. The summed E-state index contributed by atoms with van der Waals surface area (Å²) in [4.78, 5) is 1.46. The smallest absolute Gasteiger partial charge is 0.0415 e. The second-order valence-corrected chi connectivity index (χ2v) is 6.46. The number of halogens is 1. The molecule has 0 fully saturated rings. The zero-order valence-electron chi connectivity index (χ0n) is 11.3. The van der Waals surface area contributed by atoms with Crippen LogP contribution in [0.5, 0.6) is 0 Å². The quantitative estimate of drug-likeness (QED) is 0.429. The maximum Gasteiger partial charge on any atom is 0.0415 e. The van der Waals surface area contributed by atoms with Crippen molar-refractivity contribution in [3.8, 4) is 0 Å². The van der Waals surface area contributed by atoms with Gasteiger partial charge in [-0.3, -0.25) is 0 Å². The maximum absolute atomic E-state index is 3.77. The molecule has 102 valence electrons. The van der Waals surface area contributed by atoms with Crippen LogP contribution in [0.15, 0.2) is 28.6 Å². The van der Waals surface area contributed by atoms with Gasteiger partial charge in [-0.05, 0) is 54.2 Å². The number of thiophene rings is 1. The highest BCUT2D eigenvalue weighted by molar-refractivity contribution is 9.10. The number of rotatable bonds is 10. The third-order valence-corrected chi connectivity index (χ3v) is 4.78. The molecule has 0 radical (unpaired) electrons. The first kappa shape index (κ1) is 15.9. The number of hydrogen-bond acceptors (Lipinski definition) is 2. The lowest BCUT2D eigenvalue weighted by Gasteiger charge is -2.17. The lowest BCUT2D eigenvalue weighted by Crippen LogP contribution is -2.21. The summed E-state index contributed by atoms with van der Waals surface area (Å²) in [6.07, 6.45) is 9.48. The zero-order chi connectivity index (χ0) is 13.2. The van der Waals surface area contributed by atoms with Crippen LogP contribution >= 0.6 is 27.3 Å². The van der Waals surface area contributed by atoms with Gasteiger partial charge in [-0.2, -0.15) is 0 Å². The molecule has 18 heavy (non-hydrogen) atoms. The molecule has 0 amide bonds. The van der Waals surface area contributed by atoms with Gasteiger partial charge in [-0.25, -0.2) is 0 Å². The first-order valence-electron chi connectivity index (χ1n) is 6.86. The zero-order valence-corrected chi connectivity index (χ0v) is 13.7. The minimum absolute atomic E-state index is 0.532. The minimum Gasteiger partial charge on any atom is -0.309 e. The van der Waals surface area contributed by atoms with E-state index in [9.17, 15) is 0 Å². The second kappa shape index (κ2) is 9.76. The van der Waals surface area contributed by atoms with Gasteiger partial charge >= 0.3 is 0 Å². The summed E-state index contributed by atoms with van der Waals surface area (Å²) >= 11 is 5.39. The van der Waals surface area contributed by atoms with E-state index in [4.69, 9.17) is 0 Å². The van der Waals surface area contributed by atoms with Crippen molar-refractivity contribution in [1.29, 1.82) is 0 Å². The largest absolute Gasteiger partial charge is 0.309 e. The molecule has 0 aliphatic heterocycles. The van der Waals surface area contributed by atoms with Crippen molar-refractivity contribution in [2.45, 2.75) is 51.5 Å². The summed E-state index contributed by atoms with van der Waals surface area (Å²) < 4.78 is 1.21.